The third-order valence-corrected chi connectivity index (χ3v) is 8.25. The molecular formula is C28H38S3. The summed E-state index contributed by atoms with van der Waals surface area (Å²) in [6.45, 7) is 21.5. The first-order chi connectivity index (χ1) is 14.5. The molecular weight excluding hydrogens is 433 g/mol. The molecule has 0 bridgehead atoms. The molecule has 1 aromatic carbocycles. The summed E-state index contributed by atoms with van der Waals surface area (Å²) < 4.78 is 0. The van der Waals surface area contributed by atoms with Gasteiger partial charge in [-0.1, -0.05) is 12.1 Å². The van der Waals surface area contributed by atoms with Crippen LogP contribution in [0.4, 0.5) is 0 Å². The smallest absolute Gasteiger partial charge is 0.00433 e. The van der Waals surface area contributed by atoms with E-state index in [1.165, 1.54) is 52.9 Å². The van der Waals surface area contributed by atoms with Crippen LogP contribution in [0.25, 0.3) is 0 Å². The zero-order valence-corrected chi connectivity index (χ0v) is 23.3. The van der Waals surface area contributed by atoms with Crippen molar-refractivity contribution in [1.82, 2.24) is 0 Å². The van der Waals surface area contributed by atoms with Crippen LogP contribution in [0.5, 0.6) is 0 Å². The van der Waals surface area contributed by atoms with E-state index >= 15 is 0 Å². The minimum absolute atomic E-state index is 1.39. The summed E-state index contributed by atoms with van der Waals surface area (Å²) >= 11 is 5.45. The molecule has 0 saturated carbocycles. The van der Waals surface area contributed by atoms with Crippen LogP contribution < -0.4 is 0 Å². The van der Waals surface area contributed by atoms with Gasteiger partial charge in [0.1, 0.15) is 0 Å². The molecule has 0 aliphatic carbocycles. The van der Waals surface area contributed by atoms with E-state index in [0.29, 0.717) is 0 Å². The second kappa shape index (κ2) is 13.7. The second-order valence-electron chi connectivity index (χ2n) is 7.93. The van der Waals surface area contributed by atoms with Gasteiger partial charge in [0.15, 0.2) is 0 Å². The maximum atomic E-state index is 2.18. The summed E-state index contributed by atoms with van der Waals surface area (Å²) in [5.41, 5.74) is 8.46. The molecule has 0 N–H and O–H groups in total. The van der Waals surface area contributed by atoms with Gasteiger partial charge >= 0.3 is 0 Å². The first kappa shape index (κ1) is 27.4. The average Bonchev–Trinajstić information content (AvgIpc) is 3.41. The lowest BCUT2D eigenvalue weighted by Gasteiger charge is -2.06. The molecule has 168 valence electrons. The van der Waals surface area contributed by atoms with Crippen LogP contribution in [0.1, 0.15) is 52.9 Å². The average molecular weight is 471 g/mol. The molecule has 3 heteroatoms. The third kappa shape index (κ3) is 9.99. The maximum absolute atomic E-state index is 2.18. The maximum Gasteiger partial charge on any atom is 0.00433 e. The van der Waals surface area contributed by atoms with Crippen molar-refractivity contribution in [2.45, 2.75) is 69.2 Å². The molecule has 0 nitrogen and oxygen atoms in total. The van der Waals surface area contributed by atoms with Crippen LogP contribution >= 0.6 is 34.0 Å². The van der Waals surface area contributed by atoms with Crippen molar-refractivity contribution in [2.75, 3.05) is 0 Å². The molecule has 0 aliphatic rings. The van der Waals surface area contributed by atoms with Gasteiger partial charge in [0.25, 0.3) is 0 Å². The Morgan fingerprint density at radius 1 is 0.419 bits per heavy atom. The van der Waals surface area contributed by atoms with E-state index in [1.807, 2.05) is 11.3 Å². The lowest BCUT2D eigenvalue weighted by Crippen LogP contribution is -1.88. The van der Waals surface area contributed by atoms with Gasteiger partial charge < -0.3 is 0 Å². The Morgan fingerprint density at radius 3 is 0.935 bits per heavy atom. The van der Waals surface area contributed by atoms with Gasteiger partial charge in [0.2, 0.25) is 0 Å². The summed E-state index contributed by atoms with van der Waals surface area (Å²) in [6, 6.07) is 12.9. The van der Waals surface area contributed by atoms with Gasteiger partial charge in [-0.25, -0.2) is 0 Å². The Bertz CT molecular complexity index is 929. The third-order valence-electron chi connectivity index (χ3n) is 5.44. The highest BCUT2D eigenvalue weighted by Crippen LogP contribution is 2.15. The highest BCUT2D eigenvalue weighted by atomic mass is 32.1. The summed E-state index contributed by atoms with van der Waals surface area (Å²) in [6.07, 6.45) is 0. The van der Waals surface area contributed by atoms with Crippen molar-refractivity contribution in [3.8, 4) is 0 Å². The predicted octanol–water partition coefficient (Wildman–Crippen LogP) is 10.0. The minimum Gasteiger partial charge on any atom is -0.149 e. The van der Waals surface area contributed by atoms with Gasteiger partial charge in [0, 0.05) is 19.5 Å². The SMILES string of the molecule is Cc1ccc(C)c(C)c1C.Cc1ccc(C)s1.Cc1ccsc1C.Cc1ccsc1C. The van der Waals surface area contributed by atoms with Crippen LogP contribution in [0.2, 0.25) is 0 Å². The van der Waals surface area contributed by atoms with Gasteiger partial charge in [-0.3, -0.25) is 0 Å². The topological polar surface area (TPSA) is 0 Å². The van der Waals surface area contributed by atoms with Crippen molar-refractivity contribution in [1.29, 1.82) is 0 Å². The quantitative estimate of drug-likeness (QED) is 0.240. The van der Waals surface area contributed by atoms with Gasteiger partial charge in [-0.2, -0.15) is 0 Å². The molecule has 0 aliphatic heterocycles. The number of hydrogen-bond acceptors (Lipinski definition) is 3. The molecule has 31 heavy (non-hydrogen) atoms. The van der Waals surface area contributed by atoms with Crippen LogP contribution in [0.3, 0.4) is 0 Å². The first-order valence-electron chi connectivity index (χ1n) is 10.6. The summed E-state index contributed by atoms with van der Waals surface area (Å²) in [5.74, 6) is 0. The van der Waals surface area contributed by atoms with Crippen LogP contribution in [-0.4, -0.2) is 0 Å². The van der Waals surface area contributed by atoms with Crippen molar-refractivity contribution >= 4 is 34.0 Å². The molecule has 0 radical (unpaired) electrons. The zero-order chi connectivity index (χ0) is 23.6. The number of aryl methyl sites for hydroxylation is 8. The molecule has 0 fully saturated rings. The molecule has 3 aromatic heterocycles. The Hall–Kier alpha value is -1.68. The van der Waals surface area contributed by atoms with E-state index in [2.05, 4.69) is 116 Å². The first-order valence-corrected chi connectivity index (χ1v) is 13.2. The molecule has 3 heterocycles. The van der Waals surface area contributed by atoms with Gasteiger partial charge in [0.05, 0.1) is 0 Å². The summed E-state index contributed by atoms with van der Waals surface area (Å²) in [4.78, 5) is 5.66. The molecule has 0 saturated heterocycles. The molecule has 4 rings (SSSR count). The van der Waals surface area contributed by atoms with E-state index in [4.69, 9.17) is 0 Å². The van der Waals surface area contributed by atoms with Crippen LogP contribution in [0, 0.1) is 69.2 Å². The van der Waals surface area contributed by atoms with Gasteiger partial charge in [-0.05, 0) is 138 Å². The summed E-state index contributed by atoms with van der Waals surface area (Å²) in [5, 5.41) is 4.23. The Morgan fingerprint density at radius 2 is 0.774 bits per heavy atom. The van der Waals surface area contributed by atoms with E-state index in [-0.39, 0.29) is 0 Å². The minimum atomic E-state index is 1.39. The fraction of sp³-hybridized carbons (Fsp3) is 0.357. The van der Waals surface area contributed by atoms with Crippen molar-refractivity contribution in [3.63, 3.8) is 0 Å². The highest BCUT2D eigenvalue weighted by Gasteiger charge is 1.97. The molecule has 0 spiro atoms. The van der Waals surface area contributed by atoms with Gasteiger partial charge in [-0.15, -0.1) is 34.0 Å². The Balaban J connectivity index is 0.000000209. The van der Waals surface area contributed by atoms with E-state index in [1.54, 1.807) is 22.7 Å². The number of rotatable bonds is 0. The summed E-state index contributed by atoms with van der Waals surface area (Å²) in [7, 11) is 0. The highest BCUT2D eigenvalue weighted by molar-refractivity contribution is 7.11. The Labute approximate surface area is 202 Å². The zero-order valence-electron chi connectivity index (χ0n) is 20.8. The van der Waals surface area contributed by atoms with Crippen molar-refractivity contribution in [2.24, 2.45) is 0 Å². The van der Waals surface area contributed by atoms with E-state index < -0.39 is 0 Å². The fourth-order valence-corrected chi connectivity index (χ4v) is 4.79. The van der Waals surface area contributed by atoms with E-state index in [9.17, 15) is 0 Å². The van der Waals surface area contributed by atoms with Crippen molar-refractivity contribution in [3.05, 3.63) is 100 Å². The Kier molecular flexibility index (Phi) is 12.1. The van der Waals surface area contributed by atoms with Crippen LogP contribution in [0.15, 0.2) is 47.2 Å². The standard InChI is InChI=1S/C10H14.3C6H8S/c1-7-5-6-8(2)10(4)9(7)3;2*1-5-3-4-7-6(5)2;1-5-3-4-6(2)7-5/h5-6H,1-4H3;3*3-4H,1-2H3. The largest absolute Gasteiger partial charge is 0.149 e. The van der Waals surface area contributed by atoms with Crippen LogP contribution in [-0.2, 0) is 0 Å². The predicted molar refractivity (Wildman–Crippen MR) is 147 cm³/mol. The van der Waals surface area contributed by atoms with E-state index in [0.717, 1.165) is 0 Å². The molecule has 0 atom stereocenters. The normalized spacial score (nSPS) is 9.61. The lowest BCUT2D eigenvalue weighted by atomic mass is 10.0. The lowest BCUT2D eigenvalue weighted by molar-refractivity contribution is 1.22. The molecule has 4 aromatic rings. The molecule has 0 unspecified atom stereocenters. The second-order valence-corrected chi connectivity index (χ2v) is 11.7. The number of thiophene rings is 3. The monoisotopic (exact) mass is 470 g/mol. The molecule has 0 amide bonds. The number of hydrogen-bond donors (Lipinski definition) is 0. The fourth-order valence-electron chi connectivity index (χ4n) is 2.55. The van der Waals surface area contributed by atoms with Crippen molar-refractivity contribution < 1.29 is 0 Å². The number of benzene rings is 1.